The Balaban J connectivity index is 1.70. The average Bonchev–Trinajstić information content (AvgIpc) is 3.11. The zero-order valence-corrected chi connectivity index (χ0v) is 15.2. The van der Waals surface area contributed by atoms with Gasteiger partial charge in [0.15, 0.2) is 0 Å². The molecule has 3 rings (SSSR count). The molecule has 6 heteroatoms. The second-order valence-corrected chi connectivity index (χ2v) is 6.72. The number of hydrogen-bond acceptors (Lipinski definition) is 4. The number of pyridine rings is 1. The summed E-state index contributed by atoms with van der Waals surface area (Å²) in [6.45, 7) is 1.93. The van der Waals surface area contributed by atoms with E-state index in [9.17, 15) is 4.79 Å². The van der Waals surface area contributed by atoms with Gasteiger partial charge >= 0.3 is 0 Å². The third kappa shape index (κ3) is 4.23. The molecule has 1 saturated carbocycles. The number of ether oxygens (including phenoxy) is 1. The molecular formula is C19H22ClN3O2. The second kappa shape index (κ2) is 7.74. The van der Waals surface area contributed by atoms with E-state index in [4.69, 9.17) is 16.3 Å². The minimum absolute atomic E-state index is 0.113. The van der Waals surface area contributed by atoms with Crippen molar-refractivity contribution in [3.8, 4) is 5.75 Å². The summed E-state index contributed by atoms with van der Waals surface area (Å²) in [7, 11) is 1.60. The molecule has 1 fully saturated rings. The number of amides is 1. The molecule has 2 aromatic rings. The molecule has 2 N–H and O–H groups in total. The van der Waals surface area contributed by atoms with Crippen molar-refractivity contribution in [2.75, 3.05) is 12.4 Å². The van der Waals surface area contributed by atoms with E-state index in [0.29, 0.717) is 16.5 Å². The molecule has 1 aromatic carbocycles. The summed E-state index contributed by atoms with van der Waals surface area (Å²) in [5.74, 6) is 0.539. The van der Waals surface area contributed by atoms with Gasteiger partial charge in [-0.15, -0.1) is 0 Å². The van der Waals surface area contributed by atoms with E-state index >= 15 is 0 Å². The number of methoxy groups -OCH3 is 1. The van der Waals surface area contributed by atoms with Crippen LogP contribution in [0.4, 0.5) is 11.4 Å². The molecule has 0 atom stereocenters. The van der Waals surface area contributed by atoms with Crippen molar-refractivity contribution in [1.29, 1.82) is 0 Å². The molecule has 0 radical (unpaired) electrons. The van der Waals surface area contributed by atoms with Gasteiger partial charge in [0.1, 0.15) is 11.4 Å². The molecule has 0 aliphatic heterocycles. The smallest absolute Gasteiger partial charge is 0.270 e. The van der Waals surface area contributed by atoms with Crippen molar-refractivity contribution < 1.29 is 9.53 Å². The molecule has 0 spiro atoms. The predicted octanol–water partition coefficient (Wildman–Crippen LogP) is 4.47. The minimum atomic E-state index is -0.113. The van der Waals surface area contributed by atoms with Crippen LogP contribution in [-0.4, -0.2) is 24.0 Å². The highest BCUT2D eigenvalue weighted by Crippen LogP contribution is 2.32. The third-order valence-corrected chi connectivity index (χ3v) is 4.85. The van der Waals surface area contributed by atoms with Crippen molar-refractivity contribution >= 4 is 28.9 Å². The van der Waals surface area contributed by atoms with Crippen molar-refractivity contribution in [2.45, 2.75) is 38.6 Å². The van der Waals surface area contributed by atoms with Crippen LogP contribution in [0.3, 0.4) is 0 Å². The largest absolute Gasteiger partial charge is 0.495 e. The molecule has 132 valence electrons. The normalized spacial score (nSPS) is 14.4. The van der Waals surface area contributed by atoms with E-state index < -0.39 is 0 Å². The Bertz CT molecular complexity index is 756. The maximum absolute atomic E-state index is 12.2. The number of benzene rings is 1. The number of anilines is 2. The van der Waals surface area contributed by atoms with Gasteiger partial charge in [-0.2, -0.15) is 0 Å². The van der Waals surface area contributed by atoms with E-state index in [0.717, 1.165) is 29.8 Å². The molecule has 5 nitrogen and oxygen atoms in total. The molecule has 0 saturated heterocycles. The van der Waals surface area contributed by atoms with Gasteiger partial charge < -0.3 is 15.4 Å². The summed E-state index contributed by atoms with van der Waals surface area (Å²) in [4.78, 5) is 16.5. The maximum atomic E-state index is 12.2. The number of halogens is 1. The van der Waals surface area contributed by atoms with Crippen LogP contribution in [-0.2, 0) is 0 Å². The lowest BCUT2D eigenvalue weighted by molar-refractivity contribution is 0.0933. The quantitative estimate of drug-likeness (QED) is 0.826. The van der Waals surface area contributed by atoms with Gasteiger partial charge in [0, 0.05) is 17.1 Å². The Kier molecular flexibility index (Phi) is 5.43. The molecule has 1 amide bonds. The molecule has 1 aromatic heterocycles. The van der Waals surface area contributed by atoms with E-state index in [2.05, 4.69) is 15.6 Å². The molecule has 1 aliphatic carbocycles. The fourth-order valence-corrected chi connectivity index (χ4v) is 3.17. The number of rotatable bonds is 5. The fraction of sp³-hybridized carbons (Fsp3) is 0.368. The SMILES string of the molecule is COc1cc(Cl)c(C)cc1Nc1ccc(C(=O)NC2CCCC2)nc1. The highest BCUT2D eigenvalue weighted by molar-refractivity contribution is 6.31. The van der Waals surface area contributed by atoms with E-state index in [1.165, 1.54) is 12.8 Å². The van der Waals surface area contributed by atoms with Crippen LogP contribution < -0.4 is 15.4 Å². The monoisotopic (exact) mass is 359 g/mol. The first-order valence-electron chi connectivity index (χ1n) is 8.45. The number of hydrogen-bond donors (Lipinski definition) is 2. The van der Waals surface area contributed by atoms with Crippen molar-refractivity contribution in [3.05, 3.63) is 46.7 Å². The lowest BCUT2D eigenvalue weighted by Crippen LogP contribution is -2.33. The molecular weight excluding hydrogens is 338 g/mol. The fourth-order valence-electron chi connectivity index (χ4n) is 3.02. The third-order valence-electron chi connectivity index (χ3n) is 4.45. The van der Waals surface area contributed by atoms with E-state index in [1.54, 1.807) is 25.4 Å². The van der Waals surface area contributed by atoms with E-state index in [-0.39, 0.29) is 11.9 Å². The van der Waals surface area contributed by atoms with Crippen LogP contribution in [0.15, 0.2) is 30.5 Å². The topological polar surface area (TPSA) is 63.2 Å². The van der Waals surface area contributed by atoms with Crippen LogP contribution >= 0.6 is 11.6 Å². The summed E-state index contributed by atoms with van der Waals surface area (Å²) in [6.07, 6.45) is 6.13. The summed E-state index contributed by atoms with van der Waals surface area (Å²) < 4.78 is 5.36. The van der Waals surface area contributed by atoms with Crippen LogP contribution in [0.5, 0.6) is 5.75 Å². The van der Waals surface area contributed by atoms with Gasteiger partial charge in [0.05, 0.1) is 24.7 Å². The Labute approximate surface area is 152 Å². The summed E-state index contributed by atoms with van der Waals surface area (Å²) in [6, 6.07) is 7.54. The maximum Gasteiger partial charge on any atom is 0.270 e. The molecule has 0 bridgehead atoms. The van der Waals surface area contributed by atoms with Crippen molar-refractivity contribution in [2.24, 2.45) is 0 Å². The lowest BCUT2D eigenvalue weighted by atomic mass is 10.2. The summed E-state index contributed by atoms with van der Waals surface area (Å²) in [5.41, 5.74) is 2.95. The van der Waals surface area contributed by atoms with E-state index in [1.807, 2.05) is 19.1 Å². The number of nitrogens with one attached hydrogen (secondary N) is 2. The summed E-state index contributed by atoms with van der Waals surface area (Å²) in [5, 5.41) is 6.94. The zero-order valence-electron chi connectivity index (χ0n) is 14.4. The Morgan fingerprint density at radius 1 is 1.28 bits per heavy atom. The number of aryl methyl sites for hydroxylation is 1. The molecule has 1 heterocycles. The lowest BCUT2D eigenvalue weighted by Gasteiger charge is -2.14. The Morgan fingerprint density at radius 2 is 2.04 bits per heavy atom. The predicted molar refractivity (Wildman–Crippen MR) is 100.0 cm³/mol. The van der Waals surface area contributed by atoms with Gasteiger partial charge in [-0.25, -0.2) is 4.98 Å². The minimum Gasteiger partial charge on any atom is -0.495 e. The molecule has 0 unspecified atom stereocenters. The zero-order chi connectivity index (χ0) is 17.8. The number of carbonyl (C=O) groups excluding carboxylic acids is 1. The first-order valence-corrected chi connectivity index (χ1v) is 8.82. The van der Waals surface area contributed by atoms with Crippen LogP contribution in [0.1, 0.15) is 41.7 Å². The van der Waals surface area contributed by atoms with Crippen molar-refractivity contribution in [1.82, 2.24) is 10.3 Å². The molecule has 1 aliphatic rings. The number of carbonyl (C=O) groups is 1. The molecule has 25 heavy (non-hydrogen) atoms. The van der Waals surface area contributed by atoms with Crippen LogP contribution in [0.25, 0.3) is 0 Å². The van der Waals surface area contributed by atoms with Gasteiger partial charge in [0.25, 0.3) is 5.91 Å². The Hall–Kier alpha value is -2.27. The van der Waals surface area contributed by atoms with Gasteiger partial charge in [0.2, 0.25) is 0 Å². The highest BCUT2D eigenvalue weighted by atomic mass is 35.5. The van der Waals surface area contributed by atoms with Gasteiger partial charge in [-0.05, 0) is 43.5 Å². The van der Waals surface area contributed by atoms with Gasteiger partial charge in [-0.3, -0.25) is 4.79 Å². The average molecular weight is 360 g/mol. The first-order chi connectivity index (χ1) is 12.1. The number of nitrogens with zero attached hydrogens (tertiary/aromatic N) is 1. The second-order valence-electron chi connectivity index (χ2n) is 6.31. The number of aromatic nitrogens is 1. The standard InChI is InChI=1S/C19H22ClN3O2/c1-12-9-17(18(25-2)10-15(12)20)22-14-7-8-16(21-11-14)19(24)23-13-5-3-4-6-13/h7-11,13,22H,3-6H2,1-2H3,(H,23,24). The summed E-state index contributed by atoms with van der Waals surface area (Å²) >= 11 is 6.13. The highest BCUT2D eigenvalue weighted by Gasteiger charge is 2.18. The first kappa shape index (κ1) is 17.5. The Morgan fingerprint density at radius 3 is 2.68 bits per heavy atom. The van der Waals surface area contributed by atoms with Crippen molar-refractivity contribution in [3.63, 3.8) is 0 Å². The van der Waals surface area contributed by atoms with Gasteiger partial charge in [-0.1, -0.05) is 24.4 Å². The van der Waals surface area contributed by atoms with Crippen LogP contribution in [0.2, 0.25) is 5.02 Å². The van der Waals surface area contributed by atoms with Crippen LogP contribution in [0, 0.1) is 6.92 Å².